The van der Waals surface area contributed by atoms with Crippen LogP contribution in [0, 0.1) is 5.41 Å². The minimum atomic E-state index is -0.530. The first-order valence-electron chi connectivity index (χ1n) is 8.53. The molecule has 0 bridgehead atoms. The molecule has 1 unspecified atom stereocenters. The number of carbonyl (C=O) groups excluding carboxylic acids is 2. The first-order valence-corrected chi connectivity index (χ1v) is 8.53. The number of aliphatic hydroxyl groups is 1. The van der Waals surface area contributed by atoms with Crippen LogP contribution in [-0.4, -0.2) is 41.9 Å². The highest BCUT2D eigenvalue weighted by Crippen LogP contribution is 2.38. The molecular formula is C17H32N2O4. The number of hydrogen-bond acceptors (Lipinski definition) is 4. The Labute approximate surface area is 139 Å². The highest BCUT2D eigenvalue weighted by Gasteiger charge is 2.35. The Kier molecular flexibility index (Phi) is 7.32. The predicted octanol–water partition coefficient (Wildman–Crippen LogP) is 2.35. The summed E-state index contributed by atoms with van der Waals surface area (Å²) in [4.78, 5) is 24.1. The number of hydrogen-bond donors (Lipinski definition) is 3. The molecular weight excluding hydrogens is 296 g/mol. The minimum Gasteiger partial charge on any atom is -0.444 e. The first kappa shape index (κ1) is 19.7. The fourth-order valence-electron chi connectivity index (χ4n) is 3.00. The quantitative estimate of drug-likeness (QED) is 0.698. The molecule has 0 spiro atoms. The average Bonchev–Trinajstić information content (AvgIpc) is 2.44. The molecule has 1 aliphatic rings. The van der Waals surface area contributed by atoms with E-state index in [9.17, 15) is 9.59 Å². The third-order valence-electron chi connectivity index (χ3n) is 4.14. The number of ether oxygens (including phenoxy) is 1. The van der Waals surface area contributed by atoms with Crippen LogP contribution in [0.15, 0.2) is 0 Å². The molecule has 2 amide bonds. The van der Waals surface area contributed by atoms with Gasteiger partial charge in [0.05, 0.1) is 6.61 Å². The summed E-state index contributed by atoms with van der Waals surface area (Å²) < 4.78 is 5.28. The number of nitrogens with one attached hydrogen (secondary N) is 2. The summed E-state index contributed by atoms with van der Waals surface area (Å²) in [5, 5.41) is 14.7. The van der Waals surface area contributed by atoms with Crippen LogP contribution in [0.25, 0.3) is 0 Å². The Morgan fingerprint density at radius 3 is 2.35 bits per heavy atom. The summed E-state index contributed by atoms with van der Waals surface area (Å²) in [6.45, 7) is 7.62. The third kappa shape index (κ3) is 7.68. The van der Waals surface area contributed by atoms with E-state index in [1.54, 1.807) is 6.92 Å². The van der Waals surface area contributed by atoms with Crippen LogP contribution in [0.2, 0.25) is 0 Å². The Morgan fingerprint density at radius 2 is 1.83 bits per heavy atom. The van der Waals surface area contributed by atoms with E-state index in [4.69, 9.17) is 9.84 Å². The lowest BCUT2D eigenvalue weighted by molar-refractivity contribution is -0.124. The molecule has 0 radical (unpaired) electrons. The van der Waals surface area contributed by atoms with E-state index in [0.29, 0.717) is 13.0 Å². The van der Waals surface area contributed by atoms with Gasteiger partial charge >= 0.3 is 6.09 Å². The zero-order chi connectivity index (χ0) is 17.5. The highest BCUT2D eigenvalue weighted by molar-refractivity contribution is 5.77. The van der Waals surface area contributed by atoms with Crippen LogP contribution in [0.4, 0.5) is 4.79 Å². The van der Waals surface area contributed by atoms with Crippen molar-refractivity contribution in [3.8, 4) is 0 Å². The van der Waals surface area contributed by atoms with Crippen LogP contribution >= 0.6 is 0 Å². The summed E-state index contributed by atoms with van der Waals surface area (Å²) >= 11 is 0. The summed E-state index contributed by atoms with van der Waals surface area (Å²) in [5.41, 5.74) is -0.744. The van der Waals surface area contributed by atoms with Gasteiger partial charge in [0.1, 0.15) is 5.60 Å². The SMILES string of the molecule is CC(CO)NC(=O)CC1(CNC(=O)OC(C)(C)C)CCCCC1. The normalized spacial score (nSPS) is 18.8. The maximum absolute atomic E-state index is 12.2. The second-order valence-electron chi connectivity index (χ2n) is 7.74. The standard InChI is InChI=1S/C17H32N2O4/c1-13(11-20)19-14(21)10-17(8-6-5-7-9-17)12-18-15(22)23-16(2,3)4/h13,20H,5-12H2,1-4H3,(H,18,22)(H,19,21). The van der Waals surface area contributed by atoms with E-state index >= 15 is 0 Å². The van der Waals surface area contributed by atoms with Crippen molar-refractivity contribution in [3.05, 3.63) is 0 Å². The van der Waals surface area contributed by atoms with Crippen molar-refractivity contribution in [2.24, 2.45) is 5.41 Å². The van der Waals surface area contributed by atoms with Gasteiger partial charge in [-0.15, -0.1) is 0 Å². The lowest BCUT2D eigenvalue weighted by atomic mass is 9.71. The smallest absolute Gasteiger partial charge is 0.407 e. The molecule has 1 saturated carbocycles. The summed E-state index contributed by atoms with van der Waals surface area (Å²) in [7, 11) is 0. The number of amides is 2. The number of alkyl carbamates (subject to hydrolysis) is 1. The van der Waals surface area contributed by atoms with Crippen molar-refractivity contribution in [3.63, 3.8) is 0 Å². The van der Waals surface area contributed by atoms with E-state index < -0.39 is 11.7 Å². The molecule has 1 fully saturated rings. The molecule has 0 heterocycles. The fourth-order valence-corrected chi connectivity index (χ4v) is 3.00. The maximum atomic E-state index is 12.2. The molecule has 23 heavy (non-hydrogen) atoms. The van der Waals surface area contributed by atoms with Gasteiger partial charge in [0.2, 0.25) is 5.91 Å². The van der Waals surface area contributed by atoms with E-state index in [-0.39, 0.29) is 24.0 Å². The van der Waals surface area contributed by atoms with E-state index in [1.807, 2.05) is 20.8 Å². The summed E-state index contributed by atoms with van der Waals surface area (Å²) in [6, 6.07) is -0.248. The lowest BCUT2D eigenvalue weighted by Crippen LogP contribution is -2.45. The first-order chi connectivity index (χ1) is 10.7. The van der Waals surface area contributed by atoms with Gasteiger partial charge in [0.15, 0.2) is 0 Å². The van der Waals surface area contributed by atoms with Crippen molar-refractivity contribution in [1.82, 2.24) is 10.6 Å². The van der Waals surface area contributed by atoms with Crippen molar-refractivity contribution in [1.29, 1.82) is 0 Å². The molecule has 0 aromatic heterocycles. The van der Waals surface area contributed by atoms with Gasteiger partial charge in [-0.1, -0.05) is 19.3 Å². The number of aliphatic hydroxyl groups excluding tert-OH is 1. The molecule has 1 atom stereocenters. The second-order valence-corrected chi connectivity index (χ2v) is 7.74. The molecule has 6 heteroatoms. The van der Waals surface area contributed by atoms with Gasteiger partial charge in [0.25, 0.3) is 0 Å². The number of carbonyl (C=O) groups is 2. The minimum absolute atomic E-state index is 0.0700. The highest BCUT2D eigenvalue weighted by atomic mass is 16.6. The fraction of sp³-hybridized carbons (Fsp3) is 0.882. The van der Waals surface area contributed by atoms with Crippen molar-refractivity contribution in [2.45, 2.75) is 77.9 Å². The third-order valence-corrected chi connectivity index (χ3v) is 4.14. The molecule has 6 nitrogen and oxygen atoms in total. The molecule has 0 aliphatic heterocycles. The molecule has 3 N–H and O–H groups in total. The maximum Gasteiger partial charge on any atom is 0.407 e. The largest absolute Gasteiger partial charge is 0.444 e. The van der Waals surface area contributed by atoms with E-state index in [1.165, 1.54) is 6.42 Å². The van der Waals surface area contributed by atoms with Crippen molar-refractivity contribution >= 4 is 12.0 Å². The summed E-state index contributed by atoms with van der Waals surface area (Å²) in [6.07, 6.45) is 5.08. The van der Waals surface area contributed by atoms with Crippen LogP contribution in [0.3, 0.4) is 0 Å². The van der Waals surface area contributed by atoms with Gasteiger partial charge < -0.3 is 20.5 Å². The molecule has 1 aliphatic carbocycles. The molecule has 1 rings (SSSR count). The molecule has 0 saturated heterocycles. The number of rotatable bonds is 6. The van der Waals surface area contributed by atoms with Crippen LogP contribution < -0.4 is 10.6 Å². The summed E-state index contributed by atoms with van der Waals surface area (Å²) in [5.74, 6) is -0.0700. The van der Waals surface area contributed by atoms with Gasteiger partial charge in [0, 0.05) is 19.0 Å². The second kappa shape index (κ2) is 8.52. The average molecular weight is 328 g/mol. The zero-order valence-electron chi connectivity index (χ0n) is 14.9. The van der Waals surface area contributed by atoms with Crippen molar-refractivity contribution < 1.29 is 19.4 Å². The Hall–Kier alpha value is -1.30. The van der Waals surface area contributed by atoms with Crippen LogP contribution in [0.1, 0.15) is 66.2 Å². The van der Waals surface area contributed by atoms with Gasteiger partial charge in [-0.2, -0.15) is 0 Å². The Bertz CT molecular complexity index is 398. The van der Waals surface area contributed by atoms with Gasteiger partial charge in [-0.05, 0) is 46.0 Å². The molecule has 0 aromatic carbocycles. The van der Waals surface area contributed by atoms with Gasteiger partial charge in [-0.3, -0.25) is 4.79 Å². The van der Waals surface area contributed by atoms with Crippen LogP contribution in [-0.2, 0) is 9.53 Å². The monoisotopic (exact) mass is 328 g/mol. The van der Waals surface area contributed by atoms with E-state index in [2.05, 4.69) is 10.6 Å². The lowest BCUT2D eigenvalue weighted by Gasteiger charge is -2.37. The van der Waals surface area contributed by atoms with Crippen LogP contribution in [0.5, 0.6) is 0 Å². The molecule has 0 aromatic rings. The Balaban J connectivity index is 2.60. The topological polar surface area (TPSA) is 87.7 Å². The zero-order valence-corrected chi connectivity index (χ0v) is 14.9. The molecule has 134 valence electrons. The van der Waals surface area contributed by atoms with E-state index in [0.717, 1.165) is 25.7 Å². The van der Waals surface area contributed by atoms with Crippen molar-refractivity contribution in [2.75, 3.05) is 13.2 Å². The predicted molar refractivity (Wildman–Crippen MR) is 89.1 cm³/mol. The van der Waals surface area contributed by atoms with Gasteiger partial charge in [-0.25, -0.2) is 4.79 Å². The Morgan fingerprint density at radius 1 is 1.22 bits per heavy atom.